The van der Waals surface area contributed by atoms with Crippen LogP contribution in [0.5, 0.6) is 0 Å². The molecule has 26 heavy (non-hydrogen) atoms. The van der Waals surface area contributed by atoms with Crippen LogP contribution in [0.2, 0.25) is 0 Å². The minimum absolute atomic E-state index is 0.105. The van der Waals surface area contributed by atoms with Crippen molar-refractivity contribution in [1.29, 1.82) is 5.26 Å². The summed E-state index contributed by atoms with van der Waals surface area (Å²) in [7, 11) is 0. The number of hydrogen-bond donors (Lipinski definition) is 1. The van der Waals surface area contributed by atoms with Gasteiger partial charge >= 0.3 is 0 Å². The van der Waals surface area contributed by atoms with Gasteiger partial charge in [-0.15, -0.1) is 0 Å². The molecule has 0 fully saturated rings. The highest BCUT2D eigenvalue weighted by Gasteiger charge is 2.17. The molecule has 1 heterocycles. The van der Waals surface area contributed by atoms with Crippen molar-refractivity contribution in [3.05, 3.63) is 59.7 Å². The molecule has 0 aliphatic carbocycles. The van der Waals surface area contributed by atoms with E-state index >= 15 is 0 Å². The van der Waals surface area contributed by atoms with Crippen LogP contribution in [-0.4, -0.2) is 21.2 Å². The van der Waals surface area contributed by atoms with Crippen molar-refractivity contribution in [2.24, 2.45) is 0 Å². The van der Waals surface area contributed by atoms with Crippen LogP contribution in [0.15, 0.2) is 53.7 Å². The van der Waals surface area contributed by atoms with Gasteiger partial charge in [0.05, 0.1) is 22.7 Å². The Kier molecular flexibility index (Phi) is 5.49. The first-order valence-corrected chi connectivity index (χ1v) is 8.60. The van der Waals surface area contributed by atoms with Crippen molar-refractivity contribution in [3.63, 3.8) is 0 Å². The van der Waals surface area contributed by atoms with Gasteiger partial charge in [0, 0.05) is 6.54 Å². The molecule has 0 aliphatic heterocycles. The Labute approximate surface area is 152 Å². The van der Waals surface area contributed by atoms with Crippen molar-refractivity contribution in [1.82, 2.24) is 14.9 Å². The first kappa shape index (κ1) is 17.9. The van der Waals surface area contributed by atoms with Gasteiger partial charge in [-0.1, -0.05) is 24.3 Å². The molecule has 8 heteroatoms. The molecule has 0 unspecified atom stereocenters. The van der Waals surface area contributed by atoms with Crippen LogP contribution in [0, 0.1) is 11.3 Å². The van der Waals surface area contributed by atoms with Crippen LogP contribution in [-0.2, 0) is 17.9 Å². The predicted molar refractivity (Wildman–Crippen MR) is 94.6 cm³/mol. The van der Waals surface area contributed by atoms with Gasteiger partial charge in [0.2, 0.25) is 5.91 Å². The second-order valence-electron chi connectivity index (χ2n) is 5.43. The molecule has 2 aromatic carbocycles. The van der Waals surface area contributed by atoms with Gasteiger partial charge in [-0.05, 0) is 41.6 Å². The molecular weight excluding hydrogens is 358 g/mol. The third-order valence-electron chi connectivity index (χ3n) is 3.69. The molecule has 0 atom stereocenters. The largest absolute Gasteiger partial charge is 0.350 e. The molecule has 1 N–H and O–H groups in total. The average Bonchev–Trinajstić information content (AvgIpc) is 2.97. The molecular formula is C18H14F2N4OS. The Morgan fingerprint density at radius 2 is 1.96 bits per heavy atom. The van der Waals surface area contributed by atoms with Crippen LogP contribution in [0.1, 0.15) is 11.1 Å². The predicted octanol–water partition coefficient (Wildman–Crippen LogP) is 3.54. The fraction of sp³-hybridized carbons (Fsp3) is 0.167. The molecule has 3 aromatic rings. The number of fused-ring (bicyclic) bond motifs is 1. The van der Waals surface area contributed by atoms with Crippen molar-refractivity contribution in [2.45, 2.75) is 24.0 Å². The number of para-hydroxylation sites is 2. The number of halogens is 2. The number of nitrogens with one attached hydrogen (secondary N) is 1. The van der Waals surface area contributed by atoms with E-state index in [-0.39, 0.29) is 24.2 Å². The lowest BCUT2D eigenvalue weighted by Gasteiger charge is -2.09. The number of aromatic nitrogens is 2. The lowest BCUT2D eigenvalue weighted by Crippen LogP contribution is -2.27. The third kappa shape index (κ3) is 4.18. The van der Waals surface area contributed by atoms with Crippen molar-refractivity contribution in [2.75, 3.05) is 0 Å². The van der Waals surface area contributed by atoms with Crippen LogP contribution < -0.4 is 5.32 Å². The van der Waals surface area contributed by atoms with Crippen molar-refractivity contribution in [3.8, 4) is 6.07 Å². The van der Waals surface area contributed by atoms with Gasteiger partial charge in [0.1, 0.15) is 6.54 Å². The number of imidazole rings is 1. The number of rotatable bonds is 6. The molecule has 0 radical (unpaired) electrons. The van der Waals surface area contributed by atoms with Gasteiger partial charge in [-0.3, -0.25) is 4.79 Å². The number of carbonyl (C=O) groups is 1. The monoisotopic (exact) mass is 372 g/mol. The van der Waals surface area contributed by atoms with Crippen LogP contribution in [0.25, 0.3) is 11.0 Å². The Balaban J connectivity index is 1.72. The second-order valence-corrected chi connectivity index (χ2v) is 6.39. The maximum Gasteiger partial charge on any atom is 0.291 e. The van der Waals surface area contributed by atoms with Crippen LogP contribution >= 0.6 is 11.8 Å². The van der Waals surface area contributed by atoms with Gasteiger partial charge in [-0.2, -0.15) is 14.0 Å². The first-order chi connectivity index (χ1) is 12.6. The Morgan fingerprint density at radius 3 is 2.65 bits per heavy atom. The van der Waals surface area contributed by atoms with E-state index in [4.69, 9.17) is 5.26 Å². The standard InChI is InChI=1S/C18H14F2N4OS/c19-17(20)26-18-23-14-3-1-2-4-15(14)24(18)11-16(25)22-10-13-7-5-12(9-21)6-8-13/h1-8,17H,10-11H2,(H,22,25). The van der Waals surface area contributed by atoms with E-state index in [1.165, 1.54) is 4.57 Å². The molecule has 0 saturated heterocycles. The minimum Gasteiger partial charge on any atom is -0.350 e. The fourth-order valence-electron chi connectivity index (χ4n) is 2.47. The van der Waals surface area contributed by atoms with E-state index < -0.39 is 5.76 Å². The lowest BCUT2D eigenvalue weighted by molar-refractivity contribution is -0.121. The SMILES string of the molecule is N#Cc1ccc(CNC(=O)Cn2c(SC(F)F)nc3ccccc32)cc1. The van der Waals surface area contributed by atoms with E-state index in [1.54, 1.807) is 48.5 Å². The maximum atomic E-state index is 12.8. The molecule has 0 spiro atoms. The van der Waals surface area contributed by atoms with Crippen LogP contribution in [0.3, 0.4) is 0 Å². The number of nitriles is 1. The van der Waals surface area contributed by atoms with Gasteiger partial charge < -0.3 is 9.88 Å². The Hall–Kier alpha value is -2.92. The van der Waals surface area contributed by atoms with Gasteiger partial charge in [-0.25, -0.2) is 4.98 Å². The number of carbonyl (C=O) groups excluding carboxylic acids is 1. The summed E-state index contributed by atoms with van der Waals surface area (Å²) >= 11 is 0.319. The Bertz CT molecular complexity index is 963. The summed E-state index contributed by atoms with van der Waals surface area (Å²) in [5.74, 6) is -2.93. The number of thioether (sulfide) groups is 1. The lowest BCUT2D eigenvalue weighted by atomic mass is 10.1. The average molecular weight is 372 g/mol. The van der Waals surface area contributed by atoms with Crippen LogP contribution in [0.4, 0.5) is 8.78 Å². The summed E-state index contributed by atoms with van der Waals surface area (Å²) in [6.45, 7) is 0.181. The number of benzene rings is 2. The summed E-state index contributed by atoms with van der Waals surface area (Å²) in [5, 5.41) is 11.6. The highest BCUT2D eigenvalue weighted by Crippen LogP contribution is 2.28. The first-order valence-electron chi connectivity index (χ1n) is 7.72. The van der Waals surface area contributed by atoms with Crippen molar-refractivity contribution < 1.29 is 13.6 Å². The highest BCUT2D eigenvalue weighted by molar-refractivity contribution is 7.99. The molecule has 132 valence electrons. The molecule has 0 aliphatic rings. The topological polar surface area (TPSA) is 70.7 Å². The molecule has 1 aromatic heterocycles. The zero-order valence-electron chi connectivity index (χ0n) is 13.5. The number of alkyl halides is 2. The van der Waals surface area contributed by atoms with Gasteiger partial charge in [0.15, 0.2) is 5.16 Å². The summed E-state index contributed by atoms with van der Waals surface area (Å²) in [6, 6.07) is 15.9. The number of nitrogens with zero attached hydrogens (tertiary/aromatic N) is 3. The van der Waals surface area contributed by atoms with Crippen molar-refractivity contribution >= 4 is 28.7 Å². The molecule has 1 amide bonds. The minimum atomic E-state index is -2.62. The Morgan fingerprint density at radius 1 is 1.23 bits per heavy atom. The fourth-order valence-corrected chi connectivity index (χ4v) is 3.07. The summed E-state index contributed by atoms with van der Waals surface area (Å²) in [5.41, 5.74) is 2.58. The zero-order valence-corrected chi connectivity index (χ0v) is 14.3. The van der Waals surface area contributed by atoms with Gasteiger partial charge in [0.25, 0.3) is 5.76 Å². The van der Waals surface area contributed by atoms with E-state index in [2.05, 4.69) is 10.3 Å². The van der Waals surface area contributed by atoms with E-state index in [9.17, 15) is 13.6 Å². The normalized spacial score (nSPS) is 10.8. The number of hydrogen-bond acceptors (Lipinski definition) is 4. The zero-order chi connectivity index (χ0) is 18.5. The molecule has 0 saturated carbocycles. The van der Waals surface area contributed by atoms with E-state index in [1.807, 2.05) is 6.07 Å². The number of amides is 1. The smallest absolute Gasteiger partial charge is 0.291 e. The molecule has 5 nitrogen and oxygen atoms in total. The summed E-state index contributed by atoms with van der Waals surface area (Å²) in [6.07, 6.45) is 0. The highest BCUT2D eigenvalue weighted by atomic mass is 32.2. The maximum absolute atomic E-state index is 12.8. The summed E-state index contributed by atoms with van der Waals surface area (Å²) in [4.78, 5) is 16.5. The molecule has 0 bridgehead atoms. The third-order valence-corrected chi connectivity index (χ3v) is 4.39. The summed E-state index contributed by atoms with van der Waals surface area (Å²) < 4.78 is 27.1. The second kappa shape index (κ2) is 7.97. The van der Waals surface area contributed by atoms with E-state index in [0.29, 0.717) is 28.4 Å². The van der Waals surface area contributed by atoms with E-state index in [0.717, 1.165) is 5.56 Å². The quantitative estimate of drug-likeness (QED) is 0.672. The molecule has 3 rings (SSSR count).